The summed E-state index contributed by atoms with van der Waals surface area (Å²) in [6, 6.07) is 0.107. The average Bonchev–Trinajstić information content (AvgIpc) is 3.03. The van der Waals surface area contributed by atoms with E-state index in [2.05, 4.69) is 11.6 Å². The fraction of sp³-hybridized carbons (Fsp3) is 0.929. The molecule has 114 valence electrons. The highest BCUT2D eigenvalue weighted by atomic mass is 32.2. The summed E-state index contributed by atoms with van der Waals surface area (Å²) in [6.07, 6.45) is 6.20. The maximum Gasteiger partial charge on any atom is 0.225 e. The van der Waals surface area contributed by atoms with Gasteiger partial charge in [0.25, 0.3) is 0 Å². The van der Waals surface area contributed by atoms with Crippen molar-refractivity contribution >= 4 is 15.9 Å². The van der Waals surface area contributed by atoms with Crippen LogP contribution < -0.4 is 4.72 Å². The molecule has 1 amide bonds. The number of rotatable bonds is 3. The molecule has 20 heavy (non-hydrogen) atoms. The van der Waals surface area contributed by atoms with Crippen LogP contribution in [0.3, 0.4) is 0 Å². The second-order valence-electron chi connectivity index (χ2n) is 7.14. The summed E-state index contributed by atoms with van der Waals surface area (Å²) in [6.45, 7) is 3.85. The van der Waals surface area contributed by atoms with Crippen LogP contribution in [0.5, 0.6) is 0 Å². The Kier molecular flexibility index (Phi) is 3.36. The number of piperidine rings is 1. The summed E-state index contributed by atoms with van der Waals surface area (Å²) < 4.78 is 25.1. The van der Waals surface area contributed by atoms with Crippen LogP contribution in [0.4, 0.5) is 0 Å². The van der Waals surface area contributed by atoms with Gasteiger partial charge in [-0.05, 0) is 43.4 Å². The zero-order valence-electron chi connectivity index (χ0n) is 12.3. The van der Waals surface area contributed by atoms with Gasteiger partial charge in [-0.25, -0.2) is 13.1 Å². The lowest BCUT2D eigenvalue weighted by atomic mass is 9.60. The Morgan fingerprint density at radius 1 is 1.25 bits per heavy atom. The molecule has 0 aromatic heterocycles. The van der Waals surface area contributed by atoms with Crippen molar-refractivity contribution in [2.75, 3.05) is 19.3 Å². The Hall–Kier alpha value is -0.620. The molecular weight excluding hydrogens is 276 g/mol. The number of amides is 1. The Morgan fingerprint density at radius 3 is 2.25 bits per heavy atom. The number of hydrogen-bond donors (Lipinski definition) is 1. The van der Waals surface area contributed by atoms with E-state index >= 15 is 0 Å². The first-order valence-corrected chi connectivity index (χ1v) is 9.43. The molecule has 3 aliphatic rings. The van der Waals surface area contributed by atoms with Gasteiger partial charge >= 0.3 is 0 Å². The maximum atomic E-state index is 12.2. The third-order valence-corrected chi connectivity index (χ3v) is 6.06. The molecule has 3 fully saturated rings. The smallest absolute Gasteiger partial charge is 0.225 e. The van der Waals surface area contributed by atoms with E-state index in [9.17, 15) is 13.2 Å². The molecule has 2 saturated carbocycles. The number of carbonyl (C=O) groups is 1. The van der Waals surface area contributed by atoms with Crippen molar-refractivity contribution in [3.8, 4) is 0 Å². The minimum absolute atomic E-state index is 0.107. The molecule has 1 heterocycles. The van der Waals surface area contributed by atoms with Crippen LogP contribution in [-0.2, 0) is 14.8 Å². The Bertz CT molecular complexity index is 501. The third-order valence-electron chi connectivity index (χ3n) is 5.30. The lowest BCUT2D eigenvalue weighted by Gasteiger charge is -2.52. The molecule has 6 heteroatoms. The van der Waals surface area contributed by atoms with E-state index in [1.54, 1.807) is 0 Å². The van der Waals surface area contributed by atoms with Crippen LogP contribution in [0.2, 0.25) is 0 Å². The fourth-order valence-electron chi connectivity index (χ4n) is 3.88. The van der Waals surface area contributed by atoms with Crippen molar-refractivity contribution in [1.82, 2.24) is 9.62 Å². The van der Waals surface area contributed by atoms with E-state index in [1.807, 2.05) is 4.90 Å². The highest BCUT2D eigenvalue weighted by molar-refractivity contribution is 7.88. The van der Waals surface area contributed by atoms with Gasteiger partial charge in [0.1, 0.15) is 0 Å². The second-order valence-corrected chi connectivity index (χ2v) is 8.92. The van der Waals surface area contributed by atoms with Gasteiger partial charge in [0.2, 0.25) is 15.9 Å². The first kappa shape index (κ1) is 14.3. The molecule has 0 radical (unpaired) electrons. The lowest BCUT2D eigenvalue weighted by molar-refractivity contribution is -0.136. The van der Waals surface area contributed by atoms with Crippen LogP contribution in [-0.4, -0.2) is 44.6 Å². The van der Waals surface area contributed by atoms with Gasteiger partial charge in [0.15, 0.2) is 0 Å². The van der Waals surface area contributed by atoms with Gasteiger partial charge < -0.3 is 4.90 Å². The van der Waals surface area contributed by atoms with Gasteiger partial charge in [0.05, 0.1) is 6.26 Å². The van der Waals surface area contributed by atoms with Crippen LogP contribution in [0, 0.1) is 17.3 Å². The van der Waals surface area contributed by atoms with Crippen molar-refractivity contribution in [2.24, 2.45) is 17.3 Å². The summed E-state index contributed by atoms with van der Waals surface area (Å²) in [7, 11) is -3.09. The zero-order chi connectivity index (χ0) is 14.5. The van der Waals surface area contributed by atoms with Crippen molar-refractivity contribution in [3.63, 3.8) is 0 Å². The number of hydrogen-bond acceptors (Lipinski definition) is 3. The molecule has 3 rings (SSSR count). The van der Waals surface area contributed by atoms with E-state index in [0.717, 1.165) is 45.2 Å². The number of nitrogens with one attached hydrogen (secondary N) is 1. The highest BCUT2D eigenvalue weighted by Crippen LogP contribution is 2.50. The molecule has 1 spiro atoms. The van der Waals surface area contributed by atoms with Crippen LogP contribution in [0.25, 0.3) is 0 Å². The van der Waals surface area contributed by atoms with Crippen molar-refractivity contribution in [2.45, 2.75) is 45.1 Å². The van der Waals surface area contributed by atoms with Crippen molar-refractivity contribution < 1.29 is 13.2 Å². The van der Waals surface area contributed by atoms with Crippen molar-refractivity contribution in [3.05, 3.63) is 0 Å². The summed E-state index contributed by atoms with van der Waals surface area (Å²) in [5.74, 6) is 1.20. The topological polar surface area (TPSA) is 66.5 Å². The molecule has 2 atom stereocenters. The monoisotopic (exact) mass is 300 g/mol. The molecule has 0 unspecified atom stereocenters. The predicted octanol–water partition coefficient (Wildman–Crippen LogP) is 0.963. The molecule has 5 nitrogen and oxygen atoms in total. The molecule has 0 bridgehead atoms. The lowest BCUT2D eigenvalue weighted by Crippen LogP contribution is -2.55. The standard InChI is InChI=1S/C14H24N2O3S/c1-10-7-12(10)13(17)16-5-3-14(4-6-16)8-11(9-14)15-20(2,18)19/h10-12,15H,3-9H2,1-2H3/t10-,12+/m0/s1. The number of sulfonamides is 1. The minimum atomic E-state index is -3.09. The van der Waals surface area contributed by atoms with Crippen molar-refractivity contribution in [1.29, 1.82) is 0 Å². The van der Waals surface area contributed by atoms with Gasteiger partial charge in [-0.2, -0.15) is 0 Å². The third kappa shape index (κ3) is 2.86. The average molecular weight is 300 g/mol. The predicted molar refractivity (Wildman–Crippen MR) is 76.5 cm³/mol. The molecule has 0 aromatic rings. The van der Waals surface area contributed by atoms with Crippen LogP contribution in [0.1, 0.15) is 39.0 Å². The number of nitrogens with zero attached hydrogens (tertiary/aromatic N) is 1. The SMILES string of the molecule is C[C@H]1C[C@H]1C(=O)N1CCC2(CC1)CC(NS(C)(=O)=O)C2. The Balaban J connectivity index is 1.47. The van der Waals surface area contributed by atoms with Crippen LogP contribution >= 0.6 is 0 Å². The quantitative estimate of drug-likeness (QED) is 0.844. The molecule has 2 aliphatic carbocycles. The van der Waals surface area contributed by atoms with Gasteiger partial charge in [-0.15, -0.1) is 0 Å². The summed E-state index contributed by atoms with van der Waals surface area (Å²) >= 11 is 0. The second kappa shape index (κ2) is 4.70. The summed E-state index contributed by atoms with van der Waals surface area (Å²) in [5.41, 5.74) is 0.286. The highest BCUT2D eigenvalue weighted by Gasteiger charge is 2.49. The van der Waals surface area contributed by atoms with E-state index in [0.29, 0.717) is 11.8 Å². The first-order valence-electron chi connectivity index (χ1n) is 7.54. The normalized spacial score (nSPS) is 33.0. The molecular formula is C14H24N2O3S. The van der Waals surface area contributed by atoms with Gasteiger partial charge in [-0.1, -0.05) is 6.92 Å². The minimum Gasteiger partial charge on any atom is -0.342 e. The number of carbonyl (C=O) groups excluding carboxylic acids is 1. The van der Waals surface area contributed by atoms with Gasteiger partial charge in [-0.3, -0.25) is 4.79 Å². The molecule has 1 N–H and O–H groups in total. The molecule has 1 saturated heterocycles. The summed E-state index contributed by atoms with van der Waals surface area (Å²) in [5, 5.41) is 0. The largest absolute Gasteiger partial charge is 0.342 e. The molecule has 1 aliphatic heterocycles. The first-order chi connectivity index (χ1) is 9.28. The number of likely N-dealkylation sites (tertiary alicyclic amines) is 1. The van der Waals surface area contributed by atoms with E-state index in [4.69, 9.17) is 0 Å². The zero-order valence-corrected chi connectivity index (χ0v) is 13.1. The summed E-state index contributed by atoms with van der Waals surface area (Å²) in [4.78, 5) is 14.2. The van der Waals surface area contributed by atoms with E-state index < -0.39 is 10.0 Å². The maximum absolute atomic E-state index is 12.2. The van der Waals surface area contributed by atoms with Gasteiger partial charge in [0, 0.05) is 25.0 Å². The van der Waals surface area contributed by atoms with E-state index in [1.165, 1.54) is 6.26 Å². The Morgan fingerprint density at radius 2 is 1.80 bits per heavy atom. The Labute approximate surface area is 121 Å². The van der Waals surface area contributed by atoms with E-state index in [-0.39, 0.29) is 17.4 Å². The molecule has 0 aromatic carbocycles. The fourth-order valence-corrected chi connectivity index (χ4v) is 4.65. The van der Waals surface area contributed by atoms with Crippen LogP contribution in [0.15, 0.2) is 0 Å².